The second-order valence-corrected chi connectivity index (χ2v) is 11.6. The molecule has 4 rings (SSSR count). The van der Waals surface area contributed by atoms with Crippen LogP contribution in [0.5, 0.6) is 5.75 Å². The lowest BCUT2D eigenvalue weighted by Crippen LogP contribution is -2.40. The Labute approximate surface area is 247 Å². The van der Waals surface area contributed by atoms with Gasteiger partial charge in [-0.2, -0.15) is 8.78 Å². The Kier molecular flexibility index (Phi) is 10.3. The molecule has 2 unspecified atom stereocenters. The van der Waals surface area contributed by atoms with E-state index in [-0.39, 0.29) is 18.3 Å². The molecule has 3 aromatic carbocycles. The molecule has 1 radical (unpaired) electrons. The fourth-order valence-electron chi connectivity index (χ4n) is 5.76. The van der Waals surface area contributed by atoms with Crippen molar-refractivity contribution >= 4 is 23.4 Å². The summed E-state index contributed by atoms with van der Waals surface area (Å²) in [7, 11) is 0. The molecule has 0 saturated heterocycles. The average molecular weight is 576 g/mol. The molecule has 0 heterocycles. The van der Waals surface area contributed by atoms with Crippen LogP contribution in [0.3, 0.4) is 0 Å². The third-order valence-electron chi connectivity index (χ3n) is 8.05. The number of carbonyl (C=O) groups is 1. The summed E-state index contributed by atoms with van der Waals surface area (Å²) in [6.07, 6.45) is 4.65. The monoisotopic (exact) mass is 575 g/mol. The second kappa shape index (κ2) is 13.9. The first-order chi connectivity index (χ1) is 20.0. The zero-order valence-corrected chi connectivity index (χ0v) is 24.2. The van der Waals surface area contributed by atoms with Gasteiger partial charge in [0.1, 0.15) is 5.75 Å². The Morgan fingerprint density at radius 2 is 1.45 bits per heavy atom. The van der Waals surface area contributed by atoms with Gasteiger partial charge in [-0.3, -0.25) is 0 Å². The first-order valence-corrected chi connectivity index (χ1v) is 14.6. The van der Waals surface area contributed by atoms with Crippen LogP contribution in [-0.2, 0) is 22.4 Å². The van der Waals surface area contributed by atoms with Crippen molar-refractivity contribution in [2.75, 3.05) is 18.1 Å². The summed E-state index contributed by atoms with van der Waals surface area (Å²) in [4.78, 5) is 12.7. The number of esters is 1. The summed E-state index contributed by atoms with van der Waals surface area (Å²) < 4.78 is 40.7. The number of halogens is 2. The minimum Gasteiger partial charge on any atom is -0.462 e. The molecule has 223 valence electrons. The number of hydrogen-bond donors (Lipinski definition) is 2. The van der Waals surface area contributed by atoms with E-state index in [1.165, 1.54) is 18.2 Å². The average Bonchev–Trinajstić information content (AvgIpc) is 2.98. The lowest BCUT2D eigenvalue weighted by molar-refractivity contribution is -0.234. The topological polar surface area (TPSA) is 87.6 Å². The second-order valence-electron chi connectivity index (χ2n) is 11.6. The van der Waals surface area contributed by atoms with Gasteiger partial charge in [-0.25, -0.2) is 4.79 Å². The number of anilines is 2. The molecule has 1 fully saturated rings. The highest BCUT2D eigenvalue weighted by atomic mass is 19.3. The molecular weight excluding hydrogens is 534 g/mol. The minimum absolute atomic E-state index is 0.0306. The number of benzene rings is 3. The Morgan fingerprint density at radius 1 is 0.905 bits per heavy atom. The van der Waals surface area contributed by atoms with Crippen molar-refractivity contribution < 1.29 is 23.0 Å². The van der Waals surface area contributed by atoms with Crippen LogP contribution >= 0.6 is 0 Å². The Hall–Kier alpha value is -3.87. The lowest BCUT2D eigenvalue weighted by Gasteiger charge is -2.35. The summed E-state index contributed by atoms with van der Waals surface area (Å²) in [6.45, 7) is 6.49. The van der Waals surface area contributed by atoms with Crippen LogP contribution in [0, 0.1) is 24.2 Å². The van der Waals surface area contributed by atoms with Gasteiger partial charge in [0.15, 0.2) is 0 Å². The van der Waals surface area contributed by atoms with Crippen molar-refractivity contribution in [2.45, 2.75) is 58.0 Å². The largest absolute Gasteiger partial charge is 0.462 e. The van der Waals surface area contributed by atoms with Crippen molar-refractivity contribution in [3.05, 3.63) is 102 Å². The SMILES string of the molecule is [CH2]C(COC(=O)C=Cc1ccc(OC(F)(F)C2CCCCC2CC)cc1)(Cc1ccc(N)cc1)Cc1ccc(N)cc1. The maximum Gasteiger partial charge on any atom is 0.400 e. The number of ether oxygens (including phenoxy) is 2. The number of alkyl halides is 2. The Balaban J connectivity index is 1.36. The quantitative estimate of drug-likeness (QED) is 0.130. The normalized spacial score (nSPS) is 17.7. The fraction of sp³-hybridized carbons (Fsp3) is 0.371. The first kappa shape index (κ1) is 31.1. The number of hydrogen-bond acceptors (Lipinski definition) is 5. The van der Waals surface area contributed by atoms with Crippen LogP contribution in [0.15, 0.2) is 78.9 Å². The lowest BCUT2D eigenvalue weighted by atomic mass is 9.77. The van der Waals surface area contributed by atoms with E-state index in [1.54, 1.807) is 18.2 Å². The summed E-state index contributed by atoms with van der Waals surface area (Å²) in [5.41, 5.74) is 15.1. The van der Waals surface area contributed by atoms with E-state index in [0.29, 0.717) is 36.2 Å². The van der Waals surface area contributed by atoms with E-state index in [2.05, 4.69) is 6.92 Å². The van der Waals surface area contributed by atoms with Gasteiger partial charge in [0, 0.05) is 22.9 Å². The van der Waals surface area contributed by atoms with Gasteiger partial charge < -0.3 is 20.9 Å². The van der Waals surface area contributed by atoms with Crippen molar-refractivity contribution in [2.24, 2.45) is 17.3 Å². The molecule has 42 heavy (non-hydrogen) atoms. The highest BCUT2D eigenvalue weighted by Crippen LogP contribution is 2.43. The van der Waals surface area contributed by atoms with Crippen LogP contribution < -0.4 is 16.2 Å². The van der Waals surface area contributed by atoms with Gasteiger partial charge >= 0.3 is 12.1 Å². The molecule has 2 atom stereocenters. The molecule has 5 nitrogen and oxygen atoms in total. The van der Waals surface area contributed by atoms with E-state index in [4.69, 9.17) is 20.9 Å². The Bertz CT molecular complexity index is 1270. The molecule has 0 aliphatic heterocycles. The van der Waals surface area contributed by atoms with Crippen LogP contribution in [-0.4, -0.2) is 18.7 Å². The third kappa shape index (κ3) is 8.81. The third-order valence-corrected chi connectivity index (χ3v) is 8.05. The van der Waals surface area contributed by atoms with E-state index in [0.717, 1.165) is 36.8 Å². The van der Waals surface area contributed by atoms with Crippen LogP contribution in [0.25, 0.3) is 6.08 Å². The highest BCUT2D eigenvalue weighted by Gasteiger charge is 2.46. The summed E-state index contributed by atoms with van der Waals surface area (Å²) in [5, 5.41) is 0. The molecule has 0 bridgehead atoms. The number of carbonyl (C=O) groups excluding carboxylic acids is 1. The van der Waals surface area contributed by atoms with Gasteiger partial charge in [-0.1, -0.05) is 62.6 Å². The molecule has 3 aromatic rings. The van der Waals surface area contributed by atoms with Gasteiger partial charge in [0.05, 0.1) is 12.5 Å². The van der Waals surface area contributed by atoms with E-state index in [1.807, 2.05) is 55.5 Å². The highest BCUT2D eigenvalue weighted by molar-refractivity contribution is 5.87. The van der Waals surface area contributed by atoms with Crippen molar-refractivity contribution in [1.82, 2.24) is 0 Å². The predicted molar refractivity (Wildman–Crippen MR) is 165 cm³/mol. The smallest absolute Gasteiger partial charge is 0.400 e. The predicted octanol–water partition coefficient (Wildman–Crippen LogP) is 7.90. The van der Waals surface area contributed by atoms with Gasteiger partial charge in [-0.05, 0) is 97.7 Å². The van der Waals surface area contributed by atoms with Crippen LogP contribution in [0.1, 0.15) is 55.7 Å². The zero-order chi connectivity index (χ0) is 30.2. The molecule has 0 spiro atoms. The van der Waals surface area contributed by atoms with Gasteiger partial charge in [0.25, 0.3) is 0 Å². The van der Waals surface area contributed by atoms with Gasteiger partial charge in [-0.15, -0.1) is 0 Å². The molecule has 7 heteroatoms. The van der Waals surface area contributed by atoms with E-state index in [9.17, 15) is 13.6 Å². The molecule has 1 aliphatic rings. The Morgan fingerprint density at radius 3 is 2.00 bits per heavy atom. The fourth-order valence-corrected chi connectivity index (χ4v) is 5.76. The van der Waals surface area contributed by atoms with Crippen molar-refractivity contribution in [3.8, 4) is 5.75 Å². The molecule has 1 saturated carbocycles. The maximum atomic E-state index is 15.0. The van der Waals surface area contributed by atoms with Crippen molar-refractivity contribution in [1.29, 1.82) is 0 Å². The molecule has 4 N–H and O–H groups in total. The van der Waals surface area contributed by atoms with Crippen molar-refractivity contribution in [3.63, 3.8) is 0 Å². The standard InChI is InChI=1S/C35H41F2N2O3/c1-3-28-6-4-5-7-32(28)35(36,37)42-31-19-12-25(13-20-31)14-21-33(40)41-24-34(2,22-26-8-15-29(38)16-9-26)23-27-10-17-30(39)18-11-27/h8-21,28,32H,2-7,22-24,38-39H2,1H3. The van der Waals surface area contributed by atoms with E-state index >= 15 is 0 Å². The first-order valence-electron chi connectivity index (χ1n) is 14.6. The summed E-state index contributed by atoms with van der Waals surface area (Å²) in [6, 6.07) is 21.4. The number of nitrogens with two attached hydrogens (primary N) is 2. The summed E-state index contributed by atoms with van der Waals surface area (Å²) >= 11 is 0. The maximum absolute atomic E-state index is 15.0. The number of rotatable bonds is 12. The molecule has 1 aliphatic carbocycles. The van der Waals surface area contributed by atoms with Crippen LogP contribution in [0.4, 0.5) is 20.2 Å². The number of nitrogen functional groups attached to an aromatic ring is 2. The van der Waals surface area contributed by atoms with E-state index < -0.39 is 23.4 Å². The molecule has 0 aromatic heterocycles. The minimum atomic E-state index is -3.22. The molecular formula is C35H41F2N2O3. The zero-order valence-electron chi connectivity index (χ0n) is 24.2. The summed E-state index contributed by atoms with van der Waals surface area (Å²) in [5.74, 6) is -1.22. The molecule has 0 amide bonds. The van der Waals surface area contributed by atoms with Gasteiger partial charge in [0.2, 0.25) is 0 Å². The van der Waals surface area contributed by atoms with Crippen LogP contribution in [0.2, 0.25) is 0 Å².